The Balaban J connectivity index is 2.45. The molecule has 0 aromatic heterocycles. The summed E-state index contributed by atoms with van der Waals surface area (Å²) in [6.07, 6.45) is 2.79. The third-order valence-corrected chi connectivity index (χ3v) is 4.21. The number of benzene rings is 1. The highest BCUT2D eigenvalue weighted by molar-refractivity contribution is 5.51. The Morgan fingerprint density at radius 2 is 2.00 bits per heavy atom. The predicted molar refractivity (Wildman–Crippen MR) is 73.1 cm³/mol. The molecule has 0 bridgehead atoms. The monoisotopic (exact) mass is 260 g/mol. The van der Waals surface area contributed by atoms with Crippen LogP contribution in [0.15, 0.2) is 12.1 Å². The van der Waals surface area contributed by atoms with Crippen molar-refractivity contribution in [3.05, 3.63) is 23.3 Å². The molecule has 1 aliphatic carbocycles. The van der Waals surface area contributed by atoms with Gasteiger partial charge >= 0.3 is 0 Å². The van der Waals surface area contributed by atoms with E-state index in [9.17, 15) is 5.26 Å². The molecule has 2 N–H and O–H groups in total. The van der Waals surface area contributed by atoms with Crippen LogP contribution in [0.5, 0.6) is 11.5 Å². The minimum Gasteiger partial charge on any atom is -0.496 e. The zero-order valence-corrected chi connectivity index (χ0v) is 11.7. The molecular weight excluding hydrogens is 240 g/mol. The number of nitrogens with zero attached hydrogens (tertiary/aromatic N) is 1. The molecule has 1 aromatic rings. The Hall–Kier alpha value is -1.73. The van der Waals surface area contributed by atoms with Gasteiger partial charge in [-0.3, -0.25) is 0 Å². The van der Waals surface area contributed by atoms with Crippen molar-refractivity contribution in [1.82, 2.24) is 0 Å². The van der Waals surface area contributed by atoms with Crippen LogP contribution in [0.3, 0.4) is 0 Å². The highest BCUT2D eigenvalue weighted by Crippen LogP contribution is 2.51. The molecular formula is C15H20N2O2. The lowest BCUT2D eigenvalue weighted by molar-refractivity contribution is 0.166. The number of ether oxygens (including phenoxy) is 2. The summed E-state index contributed by atoms with van der Waals surface area (Å²) >= 11 is 0. The fraction of sp³-hybridized carbons (Fsp3) is 0.533. The second-order valence-electron chi connectivity index (χ2n) is 5.11. The van der Waals surface area contributed by atoms with Gasteiger partial charge in [0.2, 0.25) is 0 Å². The van der Waals surface area contributed by atoms with E-state index in [1.165, 1.54) is 0 Å². The first-order valence-corrected chi connectivity index (χ1v) is 6.48. The number of methoxy groups -OCH3 is 2. The van der Waals surface area contributed by atoms with Crippen LogP contribution >= 0.6 is 0 Å². The fourth-order valence-electron chi connectivity index (χ4n) is 2.78. The van der Waals surface area contributed by atoms with Crippen LogP contribution < -0.4 is 15.2 Å². The van der Waals surface area contributed by atoms with Gasteiger partial charge in [0.25, 0.3) is 0 Å². The van der Waals surface area contributed by atoms with Gasteiger partial charge in [0.1, 0.15) is 11.5 Å². The molecule has 0 aliphatic heterocycles. The Kier molecular flexibility index (Phi) is 3.68. The summed E-state index contributed by atoms with van der Waals surface area (Å²) in [5.74, 6) is 1.50. The smallest absolute Gasteiger partial charge is 0.130 e. The summed E-state index contributed by atoms with van der Waals surface area (Å²) in [6, 6.07) is 5.88. The maximum Gasteiger partial charge on any atom is 0.130 e. The molecule has 0 heterocycles. The lowest BCUT2D eigenvalue weighted by Crippen LogP contribution is -2.39. The molecule has 0 saturated heterocycles. The van der Waals surface area contributed by atoms with E-state index in [1.54, 1.807) is 14.2 Å². The highest BCUT2D eigenvalue weighted by Gasteiger charge is 2.44. The molecule has 2 rings (SSSR count). The average Bonchev–Trinajstić information content (AvgIpc) is 2.37. The molecule has 1 unspecified atom stereocenters. The first-order valence-electron chi connectivity index (χ1n) is 6.48. The lowest BCUT2D eigenvalue weighted by Gasteiger charge is -2.40. The maximum atomic E-state index is 9.41. The zero-order valence-electron chi connectivity index (χ0n) is 11.7. The van der Waals surface area contributed by atoms with Gasteiger partial charge in [0.05, 0.1) is 31.7 Å². The van der Waals surface area contributed by atoms with Crippen molar-refractivity contribution in [2.45, 2.75) is 32.2 Å². The van der Waals surface area contributed by atoms with Crippen LogP contribution in [0.2, 0.25) is 0 Å². The molecule has 1 fully saturated rings. The Morgan fingerprint density at radius 1 is 1.32 bits per heavy atom. The first-order chi connectivity index (χ1) is 9.09. The van der Waals surface area contributed by atoms with E-state index in [-0.39, 0.29) is 6.04 Å². The van der Waals surface area contributed by atoms with Gasteiger partial charge in [-0.15, -0.1) is 0 Å². The number of rotatable bonds is 4. The molecule has 1 aromatic carbocycles. The van der Waals surface area contributed by atoms with Crippen LogP contribution in [0.25, 0.3) is 0 Å². The molecule has 1 saturated carbocycles. The molecule has 1 atom stereocenters. The van der Waals surface area contributed by atoms with Crippen LogP contribution in [0, 0.1) is 23.7 Å². The van der Waals surface area contributed by atoms with E-state index >= 15 is 0 Å². The number of hydrogen-bond donors (Lipinski definition) is 1. The Morgan fingerprint density at radius 3 is 2.42 bits per heavy atom. The molecule has 19 heavy (non-hydrogen) atoms. The van der Waals surface area contributed by atoms with Crippen molar-refractivity contribution in [3.8, 4) is 17.6 Å². The van der Waals surface area contributed by atoms with Crippen molar-refractivity contribution in [2.75, 3.05) is 14.2 Å². The highest BCUT2D eigenvalue weighted by atomic mass is 16.5. The molecule has 4 heteroatoms. The average molecular weight is 260 g/mol. The van der Waals surface area contributed by atoms with Crippen molar-refractivity contribution >= 4 is 0 Å². The minimum absolute atomic E-state index is 0.314. The van der Waals surface area contributed by atoms with E-state index in [0.717, 1.165) is 41.9 Å². The molecule has 0 spiro atoms. The largest absolute Gasteiger partial charge is 0.496 e. The van der Waals surface area contributed by atoms with E-state index < -0.39 is 5.41 Å². The molecule has 102 valence electrons. The van der Waals surface area contributed by atoms with E-state index in [1.807, 2.05) is 19.1 Å². The summed E-state index contributed by atoms with van der Waals surface area (Å²) in [6.45, 7) is 1.94. The Bertz CT molecular complexity index is 516. The third-order valence-electron chi connectivity index (χ3n) is 4.21. The normalized spacial score (nSPS) is 18.1. The first kappa shape index (κ1) is 13.7. The second-order valence-corrected chi connectivity index (χ2v) is 5.11. The zero-order chi connectivity index (χ0) is 14.0. The molecule has 0 radical (unpaired) electrons. The summed E-state index contributed by atoms with van der Waals surface area (Å²) in [5, 5.41) is 9.41. The van der Waals surface area contributed by atoms with Crippen molar-refractivity contribution in [2.24, 2.45) is 11.1 Å². The SMILES string of the molecule is COc1ccc(C(N)C2(C#N)CCC2)c(OC)c1C. The van der Waals surface area contributed by atoms with Crippen molar-refractivity contribution in [1.29, 1.82) is 5.26 Å². The van der Waals surface area contributed by atoms with E-state index in [4.69, 9.17) is 15.2 Å². The lowest BCUT2D eigenvalue weighted by atomic mass is 9.63. The summed E-state index contributed by atoms with van der Waals surface area (Å²) in [4.78, 5) is 0. The van der Waals surface area contributed by atoms with Gasteiger partial charge < -0.3 is 15.2 Å². The van der Waals surface area contributed by atoms with Crippen molar-refractivity contribution < 1.29 is 9.47 Å². The predicted octanol–water partition coefficient (Wildman–Crippen LogP) is 2.71. The van der Waals surface area contributed by atoms with E-state index in [2.05, 4.69) is 6.07 Å². The minimum atomic E-state index is -0.436. The standard InChI is InChI=1S/C15H20N2O2/c1-10-12(18-2)6-5-11(13(10)19-3)14(17)15(9-16)7-4-8-15/h5-6,14H,4,7-8,17H2,1-3H3. The van der Waals surface area contributed by atoms with Gasteiger partial charge in [-0.1, -0.05) is 6.42 Å². The van der Waals surface area contributed by atoms with Crippen LogP contribution in [-0.2, 0) is 0 Å². The third kappa shape index (κ3) is 2.04. The summed E-state index contributed by atoms with van der Waals surface area (Å²) in [5.41, 5.74) is 7.72. The number of nitrogens with two attached hydrogens (primary N) is 1. The van der Waals surface area contributed by atoms with Gasteiger partial charge in [-0.25, -0.2) is 0 Å². The summed E-state index contributed by atoms with van der Waals surface area (Å²) < 4.78 is 10.8. The topological polar surface area (TPSA) is 68.3 Å². The van der Waals surface area contributed by atoms with Crippen LogP contribution in [0.4, 0.5) is 0 Å². The Labute approximate surface area is 114 Å². The molecule has 0 amide bonds. The van der Waals surface area contributed by atoms with Crippen molar-refractivity contribution in [3.63, 3.8) is 0 Å². The maximum absolute atomic E-state index is 9.41. The second kappa shape index (κ2) is 5.10. The van der Waals surface area contributed by atoms with Gasteiger partial charge in [-0.05, 0) is 31.9 Å². The van der Waals surface area contributed by atoms with Crippen LogP contribution in [-0.4, -0.2) is 14.2 Å². The van der Waals surface area contributed by atoms with Gasteiger partial charge in [-0.2, -0.15) is 5.26 Å². The quantitative estimate of drug-likeness (QED) is 0.903. The number of nitriles is 1. The van der Waals surface area contributed by atoms with Gasteiger partial charge in [0.15, 0.2) is 0 Å². The molecule has 1 aliphatic rings. The fourth-order valence-corrected chi connectivity index (χ4v) is 2.78. The summed E-state index contributed by atoms with van der Waals surface area (Å²) in [7, 11) is 3.25. The van der Waals surface area contributed by atoms with Crippen LogP contribution in [0.1, 0.15) is 36.4 Å². The number of hydrogen-bond acceptors (Lipinski definition) is 4. The van der Waals surface area contributed by atoms with E-state index in [0.29, 0.717) is 0 Å². The van der Waals surface area contributed by atoms with Gasteiger partial charge in [0, 0.05) is 11.1 Å². The molecule has 4 nitrogen and oxygen atoms in total.